The molecule has 1 amide bonds. The molecule has 1 saturated carbocycles. The van der Waals surface area contributed by atoms with Gasteiger partial charge in [-0.3, -0.25) is 4.79 Å². The van der Waals surface area contributed by atoms with Gasteiger partial charge >= 0.3 is 0 Å². The van der Waals surface area contributed by atoms with Gasteiger partial charge in [-0.2, -0.15) is 0 Å². The zero-order valence-corrected chi connectivity index (χ0v) is 11.7. The molecule has 108 valence electrons. The number of nitrogens with two attached hydrogens (primary N) is 1. The van der Waals surface area contributed by atoms with Crippen LogP contribution in [-0.2, 0) is 4.79 Å². The minimum Gasteiger partial charge on any atom is -0.482 e. The number of anilines is 1. The maximum Gasteiger partial charge on any atom is 0.262 e. The number of amides is 1. The fourth-order valence-corrected chi connectivity index (χ4v) is 3.25. The Labute approximate surface area is 119 Å². The molecule has 1 aliphatic heterocycles. The molecule has 1 fully saturated rings. The summed E-state index contributed by atoms with van der Waals surface area (Å²) in [7, 11) is 0. The highest BCUT2D eigenvalue weighted by Crippen LogP contribution is 2.35. The van der Waals surface area contributed by atoms with Gasteiger partial charge < -0.3 is 15.8 Å². The first-order valence-electron chi connectivity index (χ1n) is 7.56. The molecule has 1 heterocycles. The Morgan fingerprint density at radius 3 is 2.70 bits per heavy atom. The average molecular weight is 274 g/mol. The number of ether oxygens (including phenoxy) is 1. The van der Waals surface area contributed by atoms with Gasteiger partial charge in [-0.05, 0) is 36.5 Å². The first-order valence-corrected chi connectivity index (χ1v) is 7.56. The van der Waals surface area contributed by atoms with Crippen LogP contribution in [0.1, 0.15) is 50.1 Å². The normalized spacial score (nSPS) is 21.4. The highest BCUT2D eigenvalue weighted by molar-refractivity contribution is 5.95. The Kier molecular flexibility index (Phi) is 3.92. The van der Waals surface area contributed by atoms with E-state index < -0.39 is 0 Å². The fourth-order valence-electron chi connectivity index (χ4n) is 3.25. The molecule has 0 aromatic heterocycles. The van der Waals surface area contributed by atoms with Crippen LogP contribution in [0.25, 0.3) is 0 Å². The monoisotopic (exact) mass is 274 g/mol. The molecule has 3 rings (SSSR count). The Hall–Kier alpha value is -1.55. The van der Waals surface area contributed by atoms with E-state index in [0.717, 1.165) is 17.0 Å². The molecule has 0 bridgehead atoms. The summed E-state index contributed by atoms with van der Waals surface area (Å²) in [4.78, 5) is 11.4. The summed E-state index contributed by atoms with van der Waals surface area (Å²) >= 11 is 0. The minimum absolute atomic E-state index is 0.0530. The lowest BCUT2D eigenvalue weighted by Crippen LogP contribution is -2.26. The first-order chi connectivity index (χ1) is 9.74. The number of fused-ring (bicyclic) bond motifs is 1. The van der Waals surface area contributed by atoms with E-state index in [1.807, 2.05) is 18.2 Å². The van der Waals surface area contributed by atoms with Gasteiger partial charge in [0.25, 0.3) is 5.91 Å². The third-order valence-corrected chi connectivity index (χ3v) is 4.43. The highest BCUT2D eigenvalue weighted by Gasteiger charge is 2.23. The van der Waals surface area contributed by atoms with Crippen LogP contribution in [0.3, 0.4) is 0 Å². The SMILES string of the molecule is NC(c1ccc2c(c1)NC(=O)CO2)C1CCCCCC1. The fraction of sp³-hybridized carbons (Fsp3) is 0.562. The van der Waals surface area contributed by atoms with Crippen molar-refractivity contribution in [3.05, 3.63) is 23.8 Å². The highest BCUT2D eigenvalue weighted by atomic mass is 16.5. The summed E-state index contributed by atoms with van der Waals surface area (Å²) < 4.78 is 5.38. The summed E-state index contributed by atoms with van der Waals surface area (Å²) in [6, 6.07) is 5.98. The van der Waals surface area contributed by atoms with Gasteiger partial charge in [0, 0.05) is 6.04 Å². The molecule has 0 saturated heterocycles. The Morgan fingerprint density at radius 1 is 1.20 bits per heavy atom. The van der Waals surface area contributed by atoms with Crippen LogP contribution in [0.15, 0.2) is 18.2 Å². The van der Waals surface area contributed by atoms with E-state index in [1.54, 1.807) is 0 Å². The molecular weight excluding hydrogens is 252 g/mol. The third-order valence-electron chi connectivity index (χ3n) is 4.43. The second kappa shape index (κ2) is 5.83. The molecule has 1 aromatic rings. The molecule has 0 spiro atoms. The predicted molar refractivity (Wildman–Crippen MR) is 78.7 cm³/mol. The summed E-state index contributed by atoms with van der Waals surface area (Å²) in [6.07, 6.45) is 7.64. The van der Waals surface area contributed by atoms with Crippen molar-refractivity contribution in [2.45, 2.75) is 44.6 Å². The second-order valence-corrected chi connectivity index (χ2v) is 5.87. The predicted octanol–water partition coefficient (Wildman–Crippen LogP) is 2.99. The van der Waals surface area contributed by atoms with Crippen LogP contribution in [-0.4, -0.2) is 12.5 Å². The van der Waals surface area contributed by atoms with E-state index in [1.165, 1.54) is 38.5 Å². The summed E-state index contributed by atoms with van der Waals surface area (Å²) in [5.74, 6) is 1.19. The first kappa shape index (κ1) is 13.4. The van der Waals surface area contributed by atoms with E-state index in [4.69, 9.17) is 10.5 Å². The van der Waals surface area contributed by atoms with Gasteiger partial charge in [-0.25, -0.2) is 0 Å². The molecule has 1 unspecified atom stereocenters. The third kappa shape index (κ3) is 2.80. The smallest absolute Gasteiger partial charge is 0.262 e. The van der Waals surface area contributed by atoms with Gasteiger partial charge in [0.2, 0.25) is 0 Å². The van der Waals surface area contributed by atoms with Gasteiger partial charge in [-0.1, -0.05) is 31.7 Å². The number of carbonyl (C=O) groups excluding carboxylic acids is 1. The van der Waals surface area contributed by atoms with E-state index >= 15 is 0 Å². The van der Waals surface area contributed by atoms with Crippen molar-refractivity contribution in [3.8, 4) is 5.75 Å². The molecule has 4 nitrogen and oxygen atoms in total. The lowest BCUT2D eigenvalue weighted by molar-refractivity contribution is -0.118. The lowest BCUT2D eigenvalue weighted by atomic mass is 9.87. The number of hydrogen-bond donors (Lipinski definition) is 2. The Morgan fingerprint density at radius 2 is 1.95 bits per heavy atom. The number of hydrogen-bond acceptors (Lipinski definition) is 3. The summed E-state index contributed by atoms with van der Waals surface area (Å²) in [5, 5.41) is 2.85. The number of nitrogens with one attached hydrogen (secondary N) is 1. The molecule has 0 radical (unpaired) electrons. The molecule has 20 heavy (non-hydrogen) atoms. The number of benzene rings is 1. The van der Waals surface area contributed by atoms with Gasteiger partial charge in [-0.15, -0.1) is 0 Å². The van der Waals surface area contributed by atoms with E-state index in [-0.39, 0.29) is 18.6 Å². The molecule has 1 aromatic carbocycles. The Bertz CT molecular complexity index is 493. The van der Waals surface area contributed by atoms with Crippen LogP contribution < -0.4 is 15.8 Å². The van der Waals surface area contributed by atoms with E-state index in [2.05, 4.69) is 5.32 Å². The average Bonchev–Trinajstić information content (AvgIpc) is 2.74. The van der Waals surface area contributed by atoms with Crippen molar-refractivity contribution in [1.29, 1.82) is 0 Å². The van der Waals surface area contributed by atoms with Crippen LogP contribution in [0, 0.1) is 5.92 Å². The minimum atomic E-state index is -0.0994. The van der Waals surface area contributed by atoms with Crippen LogP contribution >= 0.6 is 0 Å². The van der Waals surface area contributed by atoms with Crippen molar-refractivity contribution in [2.75, 3.05) is 11.9 Å². The molecule has 2 aliphatic rings. The maximum atomic E-state index is 11.4. The van der Waals surface area contributed by atoms with E-state index in [9.17, 15) is 4.79 Å². The summed E-state index contributed by atoms with van der Waals surface area (Å²) in [5.41, 5.74) is 8.30. The van der Waals surface area contributed by atoms with Crippen molar-refractivity contribution in [1.82, 2.24) is 0 Å². The summed E-state index contributed by atoms with van der Waals surface area (Å²) in [6.45, 7) is 0.0982. The van der Waals surface area contributed by atoms with Crippen LogP contribution in [0.5, 0.6) is 5.75 Å². The molecule has 4 heteroatoms. The zero-order valence-electron chi connectivity index (χ0n) is 11.7. The number of carbonyl (C=O) groups is 1. The second-order valence-electron chi connectivity index (χ2n) is 5.87. The molecule has 1 aliphatic carbocycles. The van der Waals surface area contributed by atoms with Crippen LogP contribution in [0.4, 0.5) is 5.69 Å². The number of rotatable bonds is 2. The van der Waals surface area contributed by atoms with Crippen molar-refractivity contribution >= 4 is 11.6 Å². The topological polar surface area (TPSA) is 64.3 Å². The van der Waals surface area contributed by atoms with Gasteiger partial charge in [0.1, 0.15) is 5.75 Å². The van der Waals surface area contributed by atoms with Crippen molar-refractivity contribution in [3.63, 3.8) is 0 Å². The lowest BCUT2D eigenvalue weighted by Gasteiger charge is -2.25. The largest absolute Gasteiger partial charge is 0.482 e. The van der Waals surface area contributed by atoms with Crippen molar-refractivity contribution in [2.24, 2.45) is 11.7 Å². The molecule has 1 atom stereocenters. The van der Waals surface area contributed by atoms with Gasteiger partial charge in [0.05, 0.1) is 5.69 Å². The maximum absolute atomic E-state index is 11.4. The van der Waals surface area contributed by atoms with Crippen molar-refractivity contribution < 1.29 is 9.53 Å². The van der Waals surface area contributed by atoms with Gasteiger partial charge in [0.15, 0.2) is 6.61 Å². The Balaban J connectivity index is 1.79. The quantitative estimate of drug-likeness (QED) is 0.815. The standard InChI is InChI=1S/C16H22N2O2/c17-16(11-5-3-1-2-4-6-11)12-7-8-14-13(9-12)18-15(19)10-20-14/h7-9,11,16H,1-6,10,17H2,(H,18,19). The zero-order chi connectivity index (χ0) is 13.9. The van der Waals surface area contributed by atoms with Crippen LogP contribution in [0.2, 0.25) is 0 Å². The van der Waals surface area contributed by atoms with E-state index in [0.29, 0.717) is 5.92 Å². The molecular formula is C16H22N2O2. The molecule has 3 N–H and O–H groups in total.